The predicted molar refractivity (Wildman–Crippen MR) is 155 cm³/mol. The van der Waals surface area contributed by atoms with Gasteiger partial charge in [-0.25, -0.2) is 0 Å². The minimum atomic E-state index is -1.75. The van der Waals surface area contributed by atoms with Crippen molar-refractivity contribution in [2.75, 3.05) is 27.7 Å². The van der Waals surface area contributed by atoms with E-state index in [1.54, 1.807) is 27.7 Å². The second-order valence-corrected chi connectivity index (χ2v) is 13.6. The maximum absolute atomic E-state index is 13.3. The summed E-state index contributed by atoms with van der Waals surface area (Å²) in [5, 5.41) is 57.0. The zero-order valence-electron chi connectivity index (χ0n) is 27.0. The zero-order valence-corrected chi connectivity index (χ0v) is 27.0. The molecule has 0 aliphatic carbocycles. The normalized spacial score (nSPS) is 48.4. The van der Waals surface area contributed by atoms with Crippen molar-refractivity contribution in [2.45, 2.75) is 141 Å². The fraction of sp³-hybridized carbons (Fsp3) is 0.967. The highest BCUT2D eigenvalue weighted by molar-refractivity contribution is 5.73. The molecule has 2 aliphatic rings. The molecule has 11 heteroatoms. The third kappa shape index (κ3) is 8.39. The molecule has 41 heavy (non-hydrogen) atoms. The van der Waals surface area contributed by atoms with Gasteiger partial charge in [0.2, 0.25) is 0 Å². The Morgan fingerprint density at radius 2 is 1.63 bits per heavy atom. The molecule has 0 aromatic carbocycles. The number of likely N-dealkylation sites (N-methyl/N-ethyl adjacent to an activating group) is 2. The van der Waals surface area contributed by atoms with Crippen molar-refractivity contribution in [3.8, 4) is 0 Å². The number of hydrogen-bond donors (Lipinski definition) is 5. The van der Waals surface area contributed by atoms with Gasteiger partial charge in [0.15, 0.2) is 6.29 Å². The average Bonchev–Trinajstić information content (AvgIpc) is 2.87. The van der Waals surface area contributed by atoms with Gasteiger partial charge in [0.25, 0.3) is 0 Å². The number of cyclic esters (lactones) is 1. The molecule has 5 N–H and O–H groups in total. The van der Waals surface area contributed by atoms with Gasteiger partial charge in [-0.1, -0.05) is 20.8 Å². The number of ether oxygens (including phenoxy) is 3. The molecule has 12 unspecified atom stereocenters. The van der Waals surface area contributed by atoms with E-state index in [9.17, 15) is 30.3 Å². The van der Waals surface area contributed by atoms with E-state index in [1.807, 2.05) is 44.8 Å². The summed E-state index contributed by atoms with van der Waals surface area (Å²) in [5.41, 5.74) is -3.25. The van der Waals surface area contributed by atoms with Crippen molar-refractivity contribution < 1.29 is 44.5 Å². The summed E-state index contributed by atoms with van der Waals surface area (Å²) in [4.78, 5) is 17.1. The highest BCUT2D eigenvalue weighted by atomic mass is 16.7. The van der Waals surface area contributed by atoms with Gasteiger partial charge in [0, 0.05) is 24.5 Å². The number of carbonyl (C=O) groups is 1. The lowest BCUT2D eigenvalue weighted by atomic mass is 9.78. The molecule has 11 nitrogen and oxygen atoms in total. The first-order valence-electron chi connectivity index (χ1n) is 15.1. The Labute approximate surface area is 246 Å². The lowest BCUT2D eigenvalue weighted by Crippen LogP contribution is -2.59. The molecule has 0 amide bonds. The van der Waals surface area contributed by atoms with Crippen LogP contribution in [-0.4, -0.2) is 135 Å². The van der Waals surface area contributed by atoms with Crippen LogP contribution in [-0.2, 0) is 19.0 Å². The number of aliphatic hydroxyl groups excluding tert-OH is 3. The summed E-state index contributed by atoms with van der Waals surface area (Å²) in [7, 11) is 5.58. The zero-order chi connectivity index (χ0) is 31.6. The van der Waals surface area contributed by atoms with Crippen LogP contribution in [0.2, 0.25) is 0 Å². The van der Waals surface area contributed by atoms with Gasteiger partial charge in [-0.2, -0.15) is 0 Å². The van der Waals surface area contributed by atoms with Gasteiger partial charge >= 0.3 is 5.97 Å². The van der Waals surface area contributed by atoms with Crippen LogP contribution >= 0.6 is 0 Å². The van der Waals surface area contributed by atoms with E-state index in [-0.39, 0.29) is 30.9 Å². The van der Waals surface area contributed by atoms with Crippen molar-refractivity contribution in [3.05, 3.63) is 0 Å². The quantitative estimate of drug-likeness (QED) is 0.298. The summed E-state index contributed by atoms with van der Waals surface area (Å²) < 4.78 is 18.1. The van der Waals surface area contributed by atoms with Gasteiger partial charge in [-0.05, 0) is 80.9 Å². The highest BCUT2D eigenvalue weighted by Crippen LogP contribution is 2.36. The van der Waals surface area contributed by atoms with Gasteiger partial charge in [0.05, 0.1) is 29.8 Å². The van der Waals surface area contributed by atoms with E-state index in [4.69, 9.17) is 14.2 Å². The third-order valence-corrected chi connectivity index (χ3v) is 9.46. The van der Waals surface area contributed by atoms with Crippen LogP contribution < -0.4 is 0 Å². The fourth-order valence-electron chi connectivity index (χ4n) is 6.74. The molecule has 0 aromatic rings. The Morgan fingerprint density at radius 1 is 1.05 bits per heavy atom. The monoisotopic (exact) mass is 590 g/mol. The van der Waals surface area contributed by atoms with Crippen LogP contribution in [0.3, 0.4) is 0 Å². The Kier molecular flexibility index (Phi) is 12.6. The predicted octanol–water partition coefficient (Wildman–Crippen LogP) is 0.976. The van der Waals surface area contributed by atoms with Gasteiger partial charge < -0.3 is 49.5 Å². The molecular weight excluding hydrogens is 532 g/mol. The standard InChI is InChI=1S/C30H58N2O9/c1-12-22-30(8,38)25(35)20(6)32(11)15-16(2)14-29(7,37)26(18(4)23(33)19(5)27(36)40-22)41-28-24(34)21(31(9)10)13-17(3)39-28/h16-26,28,33-35,37-38H,12-15H2,1-11H3/t16?,17?,18?,19?,20?,21?,22?,23?,24?,25?,26?,28?,29-,30-/m1/s1. The molecule has 0 bridgehead atoms. The third-order valence-electron chi connectivity index (χ3n) is 9.46. The minimum Gasteiger partial charge on any atom is -0.459 e. The van der Waals surface area contributed by atoms with E-state index < -0.39 is 71.9 Å². The lowest BCUT2D eigenvalue weighted by Gasteiger charge is -2.46. The molecular formula is C30H58N2O9. The summed E-state index contributed by atoms with van der Waals surface area (Å²) in [6, 6.07) is -0.733. The van der Waals surface area contributed by atoms with Crippen molar-refractivity contribution >= 4 is 5.97 Å². The SMILES string of the molecule is CCC1OC(=O)C(C)C(O)C(C)C(OC2OC(C)CC(N(C)C)C2O)[C@](C)(O)CC(C)CN(C)C(C)C(O)[C@]1(C)O. The van der Waals surface area contributed by atoms with Crippen LogP contribution in [0, 0.1) is 17.8 Å². The van der Waals surface area contributed by atoms with Crippen molar-refractivity contribution in [2.24, 2.45) is 17.8 Å². The van der Waals surface area contributed by atoms with Gasteiger partial charge in [0.1, 0.15) is 23.9 Å². The van der Waals surface area contributed by atoms with Crippen molar-refractivity contribution in [1.82, 2.24) is 9.80 Å². The molecule has 0 saturated carbocycles. The summed E-state index contributed by atoms with van der Waals surface area (Å²) in [6.07, 6.45) is -5.74. The molecule has 2 saturated heterocycles. The van der Waals surface area contributed by atoms with Crippen LogP contribution in [0.15, 0.2) is 0 Å². The number of aliphatic hydroxyl groups is 5. The maximum atomic E-state index is 13.3. The molecule has 14 atom stereocenters. The van der Waals surface area contributed by atoms with E-state index in [2.05, 4.69) is 0 Å². The molecule has 0 aromatic heterocycles. The van der Waals surface area contributed by atoms with Gasteiger partial charge in [-0.15, -0.1) is 0 Å². The smallest absolute Gasteiger partial charge is 0.311 e. The van der Waals surface area contributed by atoms with Gasteiger partial charge in [-0.3, -0.25) is 4.79 Å². The maximum Gasteiger partial charge on any atom is 0.311 e. The molecule has 0 radical (unpaired) electrons. The van der Waals surface area contributed by atoms with Crippen molar-refractivity contribution in [3.63, 3.8) is 0 Å². The van der Waals surface area contributed by atoms with Crippen molar-refractivity contribution in [1.29, 1.82) is 0 Å². The van der Waals surface area contributed by atoms with Crippen LogP contribution in [0.1, 0.15) is 74.7 Å². The first-order valence-corrected chi connectivity index (χ1v) is 15.1. The molecule has 2 rings (SSSR count). The van der Waals surface area contributed by atoms with E-state index in [0.717, 1.165) is 0 Å². The minimum absolute atomic E-state index is 0.0990. The van der Waals surface area contributed by atoms with Crippen LogP contribution in [0.25, 0.3) is 0 Å². The molecule has 242 valence electrons. The van der Waals surface area contributed by atoms with E-state index in [1.165, 1.54) is 13.8 Å². The topological polar surface area (TPSA) is 152 Å². The highest BCUT2D eigenvalue weighted by Gasteiger charge is 2.49. The van der Waals surface area contributed by atoms with E-state index in [0.29, 0.717) is 13.0 Å². The number of rotatable bonds is 4. The van der Waals surface area contributed by atoms with Crippen LogP contribution in [0.5, 0.6) is 0 Å². The number of nitrogens with zero attached hydrogens (tertiary/aromatic N) is 2. The van der Waals surface area contributed by atoms with Crippen LogP contribution in [0.4, 0.5) is 0 Å². The fourth-order valence-corrected chi connectivity index (χ4v) is 6.74. The second-order valence-electron chi connectivity index (χ2n) is 13.6. The molecule has 0 spiro atoms. The summed E-state index contributed by atoms with van der Waals surface area (Å²) in [5.74, 6) is -2.65. The Hall–Kier alpha value is -0.890. The average molecular weight is 591 g/mol. The Bertz CT molecular complexity index is 841. The second kappa shape index (κ2) is 14.3. The number of carbonyl (C=O) groups excluding carboxylic acids is 1. The lowest BCUT2D eigenvalue weighted by molar-refractivity contribution is -0.299. The number of esters is 1. The Balaban J connectivity index is 2.52. The summed E-state index contributed by atoms with van der Waals surface area (Å²) >= 11 is 0. The molecule has 2 aliphatic heterocycles. The Morgan fingerprint density at radius 3 is 2.17 bits per heavy atom. The first kappa shape index (κ1) is 36.3. The largest absolute Gasteiger partial charge is 0.459 e. The molecule has 2 fully saturated rings. The summed E-state index contributed by atoms with van der Waals surface area (Å²) in [6.45, 7) is 14.2. The first-order chi connectivity index (χ1) is 18.8. The van der Waals surface area contributed by atoms with E-state index >= 15 is 0 Å². The number of hydrogen-bond acceptors (Lipinski definition) is 11. The molecule has 2 heterocycles.